The molecule has 1 fully saturated rings. The predicted molar refractivity (Wildman–Crippen MR) is 67.9 cm³/mol. The van der Waals surface area contributed by atoms with Gasteiger partial charge in [-0.25, -0.2) is 0 Å². The number of hydrogen-bond donors (Lipinski definition) is 1. The quantitative estimate of drug-likeness (QED) is 0.709. The van der Waals surface area contributed by atoms with Crippen molar-refractivity contribution in [2.75, 3.05) is 0 Å². The fraction of sp³-hybridized carbons (Fsp3) is 0.923. The van der Waals surface area contributed by atoms with E-state index in [4.69, 9.17) is 0 Å². The van der Waals surface area contributed by atoms with E-state index in [9.17, 15) is 4.79 Å². The van der Waals surface area contributed by atoms with Crippen molar-refractivity contribution in [1.82, 2.24) is 5.32 Å². The van der Waals surface area contributed by atoms with Gasteiger partial charge in [-0.1, -0.05) is 47.5 Å². The van der Waals surface area contributed by atoms with Crippen molar-refractivity contribution in [1.29, 1.82) is 0 Å². The highest BCUT2D eigenvalue weighted by atomic mass is 16.1. The Morgan fingerprint density at radius 1 is 1.13 bits per heavy atom. The monoisotopic (exact) mass is 215 g/mol. The highest BCUT2D eigenvalue weighted by Gasteiger charge is 2.18. The van der Waals surface area contributed by atoms with Gasteiger partial charge in [0, 0.05) is 13.0 Å². The standard InChI is InChI=1S/C9H17NO.2C2H6/c1-7-4-3-5-9(6-7)10-8(2)11;2*1-2/h7,9H,3-6H2,1-2H3,(H,10,11);2*1-2H3. The molecule has 0 saturated heterocycles. The molecule has 0 heterocycles. The summed E-state index contributed by atoms with van der Waals surface area (Å²) in [6.07, 6.45) is 4.94. The lowest BCUT2D eigenvalue weighted by atomic mass is 9.87. The lowest BCUT2D eigenvalue weighted by molar-refractivity contribution is -0.119. The number of hydrogen-bond acceptors (Lipinski definition) is 1. The van der Waals surface area contributed by atoms with Crippen molar-refractivity contribution in [2.24, 2.45) is 5.92 Å². The molecule has 1 amide bonds. The van der Waals surface area contributed by atoms with Gasteiger partial charge >= 0.3 is 0 Å². The molecule has 0 aliphatic heterocycles. The minimum Gasteiger partial charge on any atom is -0.354 e. The number of carbonyl (C=O) groups is 1. The second-order valence-electron chi connectivity index (χ2n) is 3.67. The third kappa shape index (κ3) is 9.77. The van der Waals surface area contributed by atoms with Gasteiger partial charge in [0.15, 0.2) is 0 Å². The van der Waals surface area contributed by atoms with E-state index in [1.165, 1.54) is 25.7 Å². The molecule has 0 spiro atoms. The van der Waals surface area contributed by atoms with E-state index in [2.05, 4.69) is 12.2 Å². The van der Waals surface area contributed by atoms with Crippen LogP contribution in [0, 0.1) is 5.92 Å². The molecule has 1 saturated carbocycles. The Morgan fingerprint density at radius 3 is 2.07 bits per heavy atom. The van der Waals surface area contributed by atoms with Crippen LogP contribution in [0.15, 0.2) is 0 Å². The normalized spacial score (nSPS) is 23.9. The average Bonchev–Trinajstić information content (AvgIpc) is 2.23. The summed E-state index contributed by atoms with van der Waals surface area (Å²) in [5, 5.41) is 2.97. The maximum absolute atomic E-state index is 10.7. The van der Waals surface area contributed by atoms with Gasteiger partial charge in [0.1, 0.15) is 0 Å². The van der Waals surface area contributed by atoms with Crippen molar-refractivity contribution >= 4 is 5.91 Å². The number of amides is 1. The van der Waals surface area contributed by atoms with Gasteiger partial charge in [-0.05, 0) is 18.8 Å². The highest BCUT2D eigenvalue weighted by molar-refractivity contribution is 5.73. The molecular formula is C13H29NO. The van der Waals surface area contributed by atoms with E-state index in [1.807, 2.05) is 27.7 Å². The Hall–Kier alpha value is -0.530. The van der Waals surface area contributed by atoms with Gasteiger partial charge in [0.05, 0.1) is 0 Å². The molecule has 0 radical (unpaired) electrons. The molecule has 92 valence electrons. The van der Waals surface area contributed by atoms with Crippen LogP contribution in [0.3, 0.4) is 0 Å². The minimum atomic E-state index is 0.115. The van der Waals surface area contributed by atoms with E-state index in [0.29, 0.717) is 6.04 Å². The molecule has 2 heteroatoms. The SMILES string of the molecule is CC.CC.CC(=O)NC1CCCC(C)C1. The summed E-state index contributed by atoms with van der Waals surface area (Å²) in [6, 6.07) is 0.455. The second kappa shape index (κ2) is 11.5. The summed E-state index contributed by atoms with van der Waals surface area (Å²) in [5.41, 5.74) is 0. The maximum Gasteiger partial charge on any atom is 0.217 e. The lowest BCUT2D eigenvalue weighted by Gasteiger charge is -2.26. The Bertz CT molecular complexity index is 145. The fourth-order valence-electron chi connectivity index (χ4n) is 1.85. The first-order chi connectivity index (χ1) is 7.18. The Kier molecular flexibility index (Phi) is 13.0. The first-order valence-corrected chi connectivity index (χ1v) is 6.45. The van der Waals surface area contributed by atoms with E-state index >= 15 is 0 Å². The molecule has 2 nitrogen and oxygen atoms in total. The summed E-state index contributed by atoms with van der Waals surface area (Å²) in [6.45, 7) is 11.9. The van der Waals surface area contributed by atoms with Crippen molar-refractivity contribution in [3.8, 4) is 0 Å². The molecule has 1 aliphatic rings. The third-order valence-corrected chi connectivity index (χ3v) is 2.34. The largest absolute Gasteiger partial charge is 0.354 e. The van der Waals surface area contributed by atoms with E-state index in [1.54, 1.807) is 6.92 Å². The van der Waals surface area contributed by atoms with Crippen LogP contribution in [0.2, 0.25) is 0 Å². The van der Waals surface area contributed by atoms with Crippen LogP contribution < -0.4 is 5.32 Å². The van der Waals surface area contributed by atoms with Gasteiger partial charge in [0.25, 0.3) is 0 Å². The zero-order chi connectivity index (χ0) is 12.3. The van der Waals surface area contributed by atoms with Crippen LogP contribution in [0.25, 0.3) is 0 Å². The van der Waals surface area contributed by atoms with Crippen molar-refractivity contribution in [3.05, 3.63) is 0 Å². The summed E-state index contributed by atoms with van der Waals surface area (Å²) in [4.78, 5) is 10.7. The van der Waals surface area contributed by atoms with E-state index < -0.39 is 0 Å². The van der Waals surface area contributed by atoms with Crippen LogP contribution >= 0.6 is 0 Å². The molecule has 15 heavy (non-hydrogen) atoms. The molecular weight excluding hydrogens is 186 g/mol. The zero-order valence-electron chi connectivity index (χ0n) is 11.4. The Labute approximate surface area is 95.8 Å². The van der Waals surface area contributed by atoms with Crippen LogP contribution in [0.5, 0.6) is 0 Å². The average molecular weight is 215 g/mol. The van der Waals surface area contributed by atoms with Crippen LogP contribution in [-0.4, -0.2) is 11.9 Å². The first-order valence-electron chi connectivity index (χ1n) is 6.45. The van der Waals surface area contributed by atoms with Crippen LogP contribution in [0.4, 0.5) is 0 Å². The number of carbonyl (C=O) groups excluding carboxylic acids is 1. The lowest BCUT2D eigenvalue weighted by Crippen LogP contribution is -2.36. The van der Waals surface area contributed by atoms with Gasteiger partial charge in [0.2, 0.25) is 5.91 Å². The third-order valence-electron chi connectivity index (χ3n) is 2.34. The zero-order valence-corrected chi connectivity index (χ0v) is 11.4. The predicted octanol–water partition coefficient (Wildman–Crippen LogP) is 3.75. The number of nitrogens with one attached hydrogen (secondary N) is 1. The van der Waals surface area contributed by atoms with Crippen molar-refractivity contribution in [3.63, 3.8) is 0 Å². The maximum atomic E-state index is 10.7. The summed E-state index contributed by atoms with van der Waals surface area (Å²) >= 11 is 0. The van der Waals surface area contributed by atoms with E-state index in [-0.39, 0.29) is 5.91 Å². The molecule has 1 N–H and O–H groups in total. The van der Waals surface area contributed by atoms with E-state index in [0.717, 1.165) is 5.92 Å². The van der Waals surface area contributed by atoms with Crippen molar-refractivity contribution in [2.45, 2.75) is 73.3 Å². The Morgan fingerprint density at radius 2 is 1.67 bits per heavy atom. The molecule has 1 aliphatic carbocycles. The van der Waals surface area contributed by atoms with Gasteiger partial charge in [-0.15, -0.1) is 0 Å². The summed E-state index contributed by atoms with van der Waals surface area (Å²) < 4.78 is 0. The fourth-order valence-corrected chi connectivity index (χ4v) is 1.85. The molecule has 0 bridgehead atoms. The van der Waals surface area contributed by atoms with Gasteiger partial charge in [-0.2, -0.15) is 0 Å². The van der Waals surface area contributed by atoms with Crippen LogP contribution in [0.1, 0.15) is 67.2 Å². The molecule has 0 aromatic heterocycles. The van der Waals surface area contributed by atoms with Gasteiger partial charge < -0.3 is 5.32 Å². The number of rotatable bonds is 1. The summed E-state index contributed by atoms with van der Waals surface area (Å²) in [5.74, 6) is 0.907. The smallest absolute Gasteiger partial charge is 0.217 e. The van der Waals surface area contributed by atoms with Crippen molar-refractivity contribution < 1.29 is 4.79 Å². The summed E-state index contributed by atoms with van der Waals surface area (Å²) in [7, 11) is 0. The topological polar surface area (TPSA) is 29.1 Å². The molecule has 2 atom stereocenters. The first kappa shape index (κ1) is 16.9. The second-order valence-corrected chi connectivity index (χ2v) is 3.67. The molecule has 0 aromatic carbocycles. The molecule has 1 rings (SSSR count). The molecule has 0 aromatic rings. The van der Waals surface area contributed by atoms with Crippen LogP contribution in [-0.2, 0) is 4.79 Å². The Balaban J connectivity index is 0. The molecule has 2 unspecified atom stereocenters. The minimum absolute atomic E-state index is 0.115. The highest BCUT2D eigenvalue weighted by Crippen LogP contribution is 2.23. The van der Waals surface area contributed by atoms with Gasteiger partial charge in [-0.3, -0.25) is 4.79 Å².